The van der Waals surface area contributed by atoms with Crippen LogP contribution in [-0.2, 0) is 0 Å². The van der Waals surface area contributed by atoms with Crippen LogP contribution in [0.2, 0.25) is 0 Å². The molecule has 0 radical (unpaired) electrons. The number of hydrogen-bond donors (Lipinski definition) is 1. The van der Waals surface area contributed by atoms with Crippen molar-refractivity contribution in [1.29, 1.82) is 5.26 Å². The van der Waals surface area contributed by atoms with Gasteiger partial charge in [0.2, 0.25) is 0 Å². The van der Waals surface area contributed by atoms with Crippen molar-refractivity contribution in [3.63, 3.8) is 0 Å². The fourth-order valence-corrected chi connectivity index (χ4v) is 2.55. The molecular weight excluding hydrogens is 282 g/mol. The maximum Gasteiger partial charge on any atom is 0.293 e. The van der Waals surface area contributed by atoms with E-state index in [1.54, 1.807) is 12.1 Å². The maximum absolute atomic E-state index is 11.2. The summed E-state index contributed by atoms with van der Waals surface area (Å²) in [5, 5.41) is 23.3. The van der Waals surface area contributed by atoms with Crippen molar-refractivity contribution in [3.05, 3.63) is 63.7 Å². The summed E-state index contributed by atoms with van der Waals surface area (Å²) in [4.78, 5) is 10.7. The van der Waals surface area contributed by atoms with Crippen molar-refractivity contribution in [1.82, 2.24) is 0 Å². The molecule has 110 valence electrons. The Morgan fingerprint density at radius 3 is 2.91 bits per heavy atom. The van der Waals surface area contributed by atoms with Crippen LogP contribution < -0.4 is 10.1 Å². The number of fused-ring (bicyclic) bond motifs is 1. The van der Waals surface area contributed by atoms with Gasteiger partial charge in [-0.15, -0.1) is 0 Å². The molecule has 0 aromatic heterocycles. The van der Waals surface area contributed by atoms with Crippen LogP contribution in [0.15, 0.2) is 42.5 Å². The molecule has 1 atom stereocenters. The van der Waals surface area contributed by atoms with E-state index in [0.717, 1.165) is 11.3 Å². The van der Waals surface area contributed by atoms with Crippen LogP contribution >= 0.6 is 0 Å². The molecule has 0 amide bonds. The minimum absolute atomic E-state index is 0.0587. The quantitative estimate of drug-likeness (QED) is 0.692. The van der Waals surface area contributed by atoms with Gasteiger partial charge in [-0.05, 0) is 18.2 Å². The predicted molar refractivity (Wildman–Crippen MR) is 80.7 cm³/mol. The second-order valence-electron chi connectivity index (χ2n) is 4.97. The first kappa shape index (κ1) is 13.9. The lowest BCUT2D eigenvalue weighted by Crippen LogP contribution is -2.20. The Morgan fingerprint density at radius 1 is 1.32 bits per heavy atom. The van der Waals surface area contributed by atoms with Gasteiger partial charge in [0.25, 0.3) is 5.69 Å². The Hall–Kier alpha value is -3.07. The third-order valence-electron chi connectivity index (χ3n) is 3.61. The number of hydrogen-bond acceptors (Lipinski definition) is 5. The van der Waals surface area contributed by atoms with Gasteiger partial charge in [0, 0.05) is 18.1 Å². The molecule has 0 spiro atoms. The molecule has 22 heavy (non-hydrogen) atoms. The average Bonchev–Trinajstić information content (AvgIpc) is 2.55. The van der Waals surface area contributed by atoms with Gasteiger partial charge in [-0.1, -0.05) is 18.2 Å². The number of rotatable bonds is 3. The number of nitro groups is 1. The summed E-state index contributed by atoms with van der Waals surface area (Å²) >= 11 is 0. The molecule has 1 aliphatic rings. The van der Waals surface area contributed by atoms with Gasteiger partial charge in [0.15, 0.2) is 0 Å². The van der Waals surface area contributed by atoms with Crippen LogP contribution in [0.4, 0.5) is 11.4 Å². The largest absolute Gasteiger partial charge is 0.493 e. The molecule has 0 saturated heterocycles. The summed E-state index contributed by atoms with van der Waals surface area (Å²) in [7, 11) is 0. The van der Waals surface area contributed by atoms with Gasteiger partial charge in [0.05, 0.1) is 29.2 Å². The van der Waals surface area contributed by atoms with E-state index < -0.39 is 4.92 Å². The van der Waals surface area contributed by atoms with Gasteiger partial charge < -0.3 is 10.1 Å². The maximum atomic E-state index is 11.2. The van der Waals surface area contributed by atoms with E-state index in [1.807, 2.05) is 30.3 Å². The van der Waals surface area contributed by atoms with Crippen molar-refractivity contribution in [2.45, 2.75) is 12.5 Å². The van der Waals surface area contributed by atoms with E-state index >= 15 is 0 Å². The van der Waals surface area contributed by atoms with Crippen LogP contribution in [0.25, 0.3) is 0 Å². The van der Waals surface area contributed by atoms with Crippen molar-refractivity contribution in [2.75, 3.05) is 11.9 Å². The molecular formula is C16H13N3O3. The fraction of sp³-hybridized carbons (Fsp3) is 0.188. The van der Waals surface area contributed by atoms with E-state index in [1.165, 1.54) is 6.07 Å². The van der Waals surface area contributed by atoms with Crippen LogP contribution in [0.3, 0.4) is 0 Å². The molecule has 0 unspecified atom stereocenters. The molecule has 1 aliphatic heterocycles. The number of nitro benzene ring substituents is 1. The summed E-state index contributed by atoms with van der Waals surface area (Å²) in [5.41, 5.74) is 1.56. The van der Waals surface area contributed by atoms with Crippen LogP contribution in [-0.4, -0.2) is 11.5 Å². The monoisotopic (exact) mass is 295 g/mol. The second-order valence-corrected chi connectivity index (χ2v) is 4.97. The highest BCUT2D eigenvalue weighted by atomic mass is 16.6. The number of benzene rings is 2. The lowest BCUT2D eigenvalue weighted by molar-refractivity contribution is -0.384. The Labute approximate surface area is 127 Å². The normalized spacial score (nSPS) is 16.0. The molecule has 0 saturated carbocycles. The van der Waals surface area contributed by atoms with E-state index in [0.29, 0.717) is 18.7 Å². The summed E-state index contributed by atoms with van der Waals surface area (Å²) in [6, 6.07) is 13.9. The molecule has 6 heteroatoms. The first-order valence-corrected chi connectivity index (χ1v) is 6.86. The van der Waals surface area contributed by atoms with E-state index in [4.69, 9.17) is 10.00 Å². The van der Waals surface area contributed by atoms with E-state index in [2.05, 4.69) is 5.32 Å². The van der Waals surface area contributed by atoms with Gasteiger partial charge in [0.1, 0.15) is 11.4 Å². The molecule has 6 nitrogen and oxygen atoms in total. The molecule has 0 fully saturated rings. The molecule has 1 heterocycles. The van der Waals surface area contributed by atoms with Crippen molar-refractivity contribution in [2.24, 2.45) is 0 Å². The zero-order chi connectivity index (χ0) is 15.5. The molecule has 3 rings (SSSR count). The third kappa shape index (κ3) is 2.56. The highest BCUT2D eigenvalue weighted by Gasteiger charge is 2.24. The molecule has 0 aliphatic carbocycles. The first-order chi connectivity index (χ1) is 10.7. The van der Waals surface area contributed by atoms with Crippen LogP contribution in [0, 0.1) is 21.4 Å². The third-order valence-corrected chi connectivity index (χ3v) is 3.61. The second kappa shape index (κ2) is 5.74. The highest BCUT2D eigenvalue weighted by molar-refractivity contribution is 5.65. The lowest BCUT2D eigenvalue weighted by Gasteiger charge is -2.27. The minimum Gasteiger partial charge on any atom is -0.493 e. The molecule has 2 aromatic carbocycles. The Kier molecular flexibility index (Phi) is 3.62. The lowest BCUT2D eigenvalue weighted by atomic mass is 10.00. The predicted octanol–water partition coefficient (Wildman–Crippen LogP) is 3.40. The highest BCUT2D eigenvalue weighted by Crippen LogP contribution is 2.36. The number of anilines is 1. The van der Waals surface area contributed by atoms with Gasteiger partial charge in [-0.25, -0.2) is 0 Å². The van der Waals surface area contributed by atoms with Gasteiger partial charge in [-0.2, -0.15) is 5.26 Å². The van der Waals surface area contributed by atoms with E-state index in [9.17, 15) is 10.1 Å². The first-order valence-electron chi connectivity index (χ1n) is 6.86. The van der Waals surface area contributed by atoms with Crippen molar-refractivity contribution >= 4 is 11.4 Å². The summed E-state index contributed by atoms with van der Waals surface area (Å²) in [6.07, 6.45) is 0.716. The standard InChI is InChI=1S/C16H13N3O3/c17-10-11-5-6-14(15(9-11)19(20)21)18-13-7-8-22-16-4-2-1-3-12(13)16/h1-6,9,13,18H,7-8H2/t13-/m1/s1. The Morgan fingerprint density at radius 2 is 2.14 bits per heavy atom. The van der Waals surface area contributed by atoms with Gasteiger partial charge in [-0.3, -0.25) is 10.1 Å². The number of nitriles is 1. The Bertz CT molecular complexity index is 767. The smallest absolute Gasteiger partial charge is 0.293 e. The summed E-state index contributed by atoms with van der Waals surface area (Å²) in [5.74, 6) is 0.794. The minimum atomic E-state index is -0.478. The number of nitrogens with one attached hydrogen (secondary N) is 1. The summed E-state index contributed by atoms with van der Waals surface area (Å²) < 4.78 is 5.59. The van der Waals surface area contributed by atoms with Crippen LogP contribution in [0.1, 0.15) is 23.6 Å². The zero-order valence-electron chi connectivity index (χ0n) is 11.7. The number of ether oxygens (including phenoxy) is 1. The Balaban J connectivity index is 1.95. The molecule has 1 N–H and O–H groups in total. The fourth-order valence-electron chi connectivity index (χ4n) is 2.55. The van der Waals surface area contributed by atoms with Crippen molar-refractivity contribution in [3.8, 4) is 11.8 Å². The van der Waals surface area contributed by atoms with Gasteiger partial charge >= 0.3 is 0 Å². The zero-order valence-corrected chi connectivity index (χ0v) is 11.7. The number of para-hydroxylation sites is 1. The molecule has 0 bridgehead atoms. The average molecular weight is 295 g/mol. The summed E-state index contributed by atoms with van der Waals surface area (Å²) in [6.45, 7) is 0.554. The van der Waals surface area contributed by atoms with Crippen LogP contribution in [0.5, 0.6) is 5.75 Å². The van der Waals surface area contributed by atoms with E-state index in [-0.39, 0.29) is 17.3 Å². The topological polar surface area (TPSA) is 88.2 Å². The van der Waals surface area contributed by atoms with Crippen molar-refractivity contribution < 1.29 is 9.66 Å². The SMILES string of the molecule is N#Cc1ccc(N[C@@H]2CCOc3ccccc32)c([N+](=O)[O-])c1. The number of nitrogens with zero attached hydrogens (tertiary/aromatic N) is 2. The molecule has 2 aromatic rings.